The molecular weight excluding hydrogens is 395 g/mol. The molecule has 1 aromatic carbocycles. The number of piperidine rings is 1. The van der Waals surface area contributed by atoms with Crippen LogP contribution in [0.4, 0.5) is 13.2 Å². The maximum Gasteiger partial charge on any atom is 0.416 e. The van der Waals surface area contributed by atoms with E-state index in [1.54, 1.807) is 6.07 Å². The lowest BCUT2D eigenvalue weighted by molar-refractivity contribution is -0.137. The highest BCUT2D eigenvalue weighted by molar-refractivity contribution is 5.55. The molecule has 164 valence electrons. The highest BCUT2D eigenvalue weighted by Crippen LogP contribution is 2.32. The van der Waals surface area contributed by atoms with E-state index >= 15 is 0 Å². The number of likely N-dealkylation sites (tertiary alicyclic amines) is 1. The minimum atomic E-state index is -4.40. The molecule has 0 aliphatic carbocycles. The zero-order valence-electron chi connectivity index (χ0n) is 17.4. The Morgan fingerprint density at radius 2 is 1.90 bits per heavy atom. The quantitative estimate of drug-likeness (QED) is 0.750. The molecule has 2 unspecified atom stereocenters. The number of rotatable bonds is 4. The van der Waals surface area contributed by atoms with Gasteiger partial charge in [-0.2, -0.15) is 18.2 Å². The van der Waals surface area contributed by atoms with Gasteiger partial charge in [0.1, 0.15) is 0 Å². The van der Waals surface area contributed by atoms with E-state index in [1.165, 1.54) is 25.5 Å². The summed E-state index contributed by atoms with van der Waals surface area (Å²) in [6.07, 6.45) is -1.90. The minimum absolute atomic E-state index is 0.0757. The van der Waals surface area contributed by atoms with Crippen LogP contribution in [0.3, 0.4) is 0 Å². The number of piperazine rings is 1. The van der Waals surface area contributed by atoms with Crippen LogP contribution < -0.4 is 0 Å². The number of halogens is 3. The molecule has 4 rings (SSSR count). The lowest BCUT2D eigenvalue weighted by atomic mass is 10.0. The van der Waals surface area contributed by atoms with Crippen molar-refractivity contribution in [3.63, 3.8) is 0 Å². The van der Waals surface area contributed by atoms with Crippen LogP contribution in [0, 0.1) is 0 Å². The van der Waals surface area contributed by atoms with E-state index in [0.717, 1.165) is 44.9 Å². The summed E-state index contributed by atoms with van der Waals surface area (Å²) in [5.74, 6) is 0.625. The molecule has 2 saturated heterocycles. The largest absolute Gasteiger partial charge is 0.416 e. The van der Waals surface area contributed by atoms with Gasteiger partial charge in [-0.1, -0.05) is 17.3 Å². The predicted molar refractivity (Wildman–Crippen MR) is 107 cm³/mol. The van der Waals surface area contributed by atoms with E-state index in [-0.39, 0.29) is 11.9 Å². The van der Waals surface area contributed by atoms with E-state index in [9.17, 15) is 13.2 Å². The summed E-state index contributed by atoms with van der Waals surface area (Å²) in [4.78, 5) is 11.7. The first-order chi connectivity index (χ1) is 14.3. The Balaban J connectivity index is 1.38. The van der Waals surface area contributed by atoms with Crippen molar-refractivity contribution in [1.29, 1.82) is 0 Å². The fourth-order valence-electron chi connectivity index (χ4n) is 4.44. The molecule has 3 heterocycles. The van der Waals surface area contributed by atoms with Crippen molar-refractivity contribution in [3.8, 4) is 11.4 Å². The van der Waals surface area contributed by atoms with Gasteiger partial charge in [-0.05, 0) is 45.5 Å². The Labute approximate surface area is 174 Å². The molecule has 9 heteroatoms. The number of nitrogens with zero attached hydrogens (tertiary/aromatic N) is 5. The molecule has 0 radical (unpaired) electrons. The van der Waals surface area contributed by atoms with Crippen molar-refractivity contribution >= 4 is 0 Å². The molecule has 6 nitrogen and oxygen atoms in total. The first-order valence-corrected chi connectivity index (χ1v) is 10.5. The molecule has 1 aromatic heterocycles. The van der Waals surface area contributed by atoms with Crippen LogP contribution >= 0.6 is 0 Å². The lowest BCUT2D eigenvalue weighted by Crippen LogP contribution is -2.54. The van der Waals surface area contributed by atoms with E-state index in [1.807, 2.05) is 6.92 Å². The highest BCUT2D eigenvalue weighted by Gasteiger charge is 2.32. The normalized spacial score (nSPS) is 23.6. The van der Waals surface area contributed by atoms with Gasteiger partial charge in [0.25, 0.3) is 0 Å². The molecular formula is C21H28F3N5O. The van der Waals surface area contributed by atoms with Crippen molar-refractivity contribution in [2.45, 2.75) is 38.0 Å². The SMILES string of the molecule is CC(c1nc(-c2cccc(C(F)(F)F)c2)no1)N1CCN(C2CCCN(C)C2)CC1. The average Bonchev–Trinajstić information content (AvgIpc) is 3.23. The summed E-state index contributed by atoms with van der Waals surface area (Å²) in [5, 5.41) is 3.93. The molecule has 0 bridgehead atoms. The van der Waals surface area contributed by atoms with Gasteiger partial charge in [0.15, 0.2) is 0 Å². The molecule has 30 heavy (non-hydrogen) atoms. The zero-order chi connectivity index (χ0) is 21.3. The smallest absolute Gasteiger partial charge is 0.337 e. The molecule has 2 atom stereocenters. The van der Waals surface area contributed by atoms with Crippen LogP contribution in [-0.2, 0) is 6.18 Å². The van der Waals surface area contributed by atoms with Gasteiger partial charge in [0, 0.05) is 44.3 Å². The molecule has 2 aliphatic rings. The van der Waals surface area contributed by atoms with Gasteiger partial charge in [-0.25, -0.2) is 0 Å². The van der Waals surface area contributed by atoms with Crippen LogP contribution in [0.5, 0.6) is 0 Å². The van der Waals surface area contributed by atoms with Crippen LogP contribution in [0.25, 0.3) is 11.4 Å². The van der Waals surface area contributed by atoms with Crippen molar-refractivity contribution in [2.24, 2.45) is 0 Å². The molecule has 2 fully saturated rings. The number of hydrogen-bond acceptors (Lipinski definition) is 6. The fraction of sp³-hybridized carbons (Fsp3) is 0.619. The second-order valence-electron chi connectivity index (χ2n) is 8.34. The third-order valence-corrected chi connectivity index (χ3v) is 6.26. The summed E-state index contributed by atoms with van der Waals surface area (Å²) in [5.41, 5.74) is -0.415. The fourth-order valence-corrected chi connectivity index (χ4v) is 4.44. The zero-order valence-corrected chi connectivity index (χ0v) is 17.4. The standard InChI is InChI=1S/C21H28F3N5O/c1-15(28-9-11-29(12-10-28)18-7-4-8-27(2)14-18)20-25-19(26-30-20)16-5-3-6-17(13-16)21(22,23)24/h3,5-6,13,15,18H,4,7-12,14H2,1-2H3. The molecule has 0 N–H and O–H groups in total. The number of alkyl halides is 3. The Morgan fingerprint density at radius 1 is 1.13 bits per heavy atom. The van der Waals surface area contributed by atoms with E-state index in [2.05, 4.69) is 31.9 Å². The van der Waals surface area contributed by atoms with E-state index < -0.39 is 11.7 Å². The molecule has 0 spiro atoms. The molecule has 2 aliphatic heterocycles. The van der Waals surface area contributed by atoms with Gasteiger partial charge in [-0.15, -0.1) is 0 Å². The lowest BCUT2D eigenvalue weighted by Gasteiger charge is -2.43. The Bertz CT molecular complexity index is 847. The van der Waals surface area contributed by atoms with Crippen molar-refractivity contribution < 1.29 is 17.7 Å². The summed E-state index contributed by atoms with van der Waals surface area (Å²) in [7, 11) is 2.18. The summed E-state index contributed by atoms with van der Waals surface area (Å²) in [6.45, 7) is 8.12. The third-order valence-electron chi connectivity index (χ3n) is 6.26. The number of hydrogen-bond donors (Lipinski definition) is 0. The summed E-state index contributed by atoms with van der Waals surface area (Å²) >= 11 is 0. The number of likely N-dealkylation sites (N-methyl/N-ethyl adjacent to an activating group) is 1. The third kappa shape index (κ3) is 4.68. The van der Waals surface area contributed by atoms with Crippen LogP contribution in [0.1, 0.15) is 37.3 Å². The monoisotopic (exact) mass is 423 g/mol. The van der Waals surface area contributed by atoms with Crippen LogP contribution in [-0.4, -0.2) is 77.2 Å². The number of aromatic nitrogens is 2. The van der Waals surface area contributed by atoms with Crippen LogP contribution in [0.2, 0.25) is 0 Å². The minimum Gasteiger partial charge on any atom is -0.337 e. The summed E-state index contributed by atoms with van der Waals surface area (Å²) < 4.78 is 44.3. The van der Waals surface area contributed by atoms with Gasteiger partial charge in [0.05, 0.1) is 11.6 Å². The van der Waals surface area contributed by atoms with Gasteiger partial charge < -0.3 is 9.42 Å². The number of benzene rings is 1. The summed E-state index contributed by atoms with van der Waals surface area (Å²) in [6, 6.07) is 5.56. The van der Waals surface area contributed by atoms with E-state index in [0.29, 0.717) is 17.5 Å². The molecule has 0 amide bonds. The second-order valence-corrected chi connectivity index (χ2v) is 8.34. The predicted octanol–water partition coefficient (Wildman–Crippen LogP) is 3.53. The molecule has 2 aromatic rings. The van der Waals surface area contributed by atoms with Gasteiger partial charge in [-0.3, -0.25) is 9.80 Å². The van der Waals surface area contributed by atoms with Crippen molar-refractivity contribution in [2.75, 3.05) is 46.3 Å². The Hall–Kier alpha value is -1.97. The van der Waals surface area contributed by atoms with Crippen LogP contribution in [0.15, 0.2) is 28.8 Å². The second kappa shape index (κ2) is 8.64. The van der Waals surface area contributed by atoms with Gasteiger partial charge in [0.2, 0.25) is 11.7 Å². The first kappa shape index (κ1) is 21.3. The maximum atomic E-state index is 13.0. The highest BCUT2D eigenvalue weighted by atomic mass is 19.4. The van der Waals surface area contributed by atoms with Crippen molar-refractivity contribution in [1.82, 2.24) is 24.8 Å². The Morgan fingerprint density at radius 3 is 2.60 bits per heavy atom. The van der Waals surface area contributed by atoms with Gasteiger partial charge >= 0.3 is 6.18 Å². The average molecular weight is 423 g/mol. The maximum absolute atomic E-state index is 13.0. The van der Waals surface area contributed by atoms with Crippen molar-refractivity contribution in [3.05, 3.63) is 35.7 Å². The topological polar surface area (TPSA) is 48.6 Å². The first-order valence-electron chi connectivity index (χ1n) is 10.5. The Kier molecular flexibility index (Phi) is 6.13. The van der Waals surface area contributed by atoms with E-state index in [4.69, 9.17) is 4.52 Å². The molecule has 0 saturated carbocycles.